The van der Waals surface area contributed by atoms with Crippen molar-refractivity contribution in [2.75, 3.05) is 46.7 Å². The minimum absolute atomic E-state index is 0. The number of hydrogen-bond donors (Lipinski definition) is 0. The zero-order valence-corrected chi connectivity index (χ0v) is 9.97. The fraction of sp³-hybridized carbons (Fsp3) is 1.00. The van der Waals surface area contributed by atoms with Gasteiger partial charge >= 0.3 is 29.6 Å². The molecule has 0 aliphatic rings. The second kappa shape index (κ2) is 14.4. The smallest absolute Gasteiger partial charge is 0.676 e. The van der Waals surface area contributed by atoms with Crippen LogP contribution in [0.3, 0.4) is 0 Å². The molecule has 0 rings (SSSR count). The van der Waals surface area contributed by atoms with Gasteiger partial charge in [-0.15, -0.1) is 6.54 Å². The van der Waals surface area contributed by atoms with Crippen molar-refractivity contribution < 1.29 is 43.8 Å². The van der Waals surface area contributed by atoms with E-state index in [0.29, 0.717) is 39.6 Å². The SMILES string of the molecule is COCCOCCOCC[NH-].[Na+]. The van der Waals surface area contributed by atoms with Crippen molar-refractivity contribution in [1.29, 1.82) is 0 Å². The molecule has 0 heterocycles. The Labute approximate surface area is 96.0 Å². The molecule has 0 aliphatic heterocycles. The van der Waals surface area contributed by atoms with Crippen LogP contribution in [-0.4, -0.2) is 46.7 Å². The summed E-state index contributed by atoms with van der Waals surface area (Å²) in [5.41, 5.74) is 6.76. The third kappa shape index (κ3) is 13.4. The van der Waals surface area contributed by atoms with Gasteiger partial charge in [0, 0.05) is 13.7 Å². The van der Waals surface area contributed by atoms with Gasteiger partial charge in [-0.05, 0) is 0 Å². The Bertz CT molecular complexity index is 67.7. The summed E-state index contributed by atoms with van der Waals surface area (Å²) in [4.78, 5) is 0. The third-order valence-corrected chi connectivity index (χ3v) is 1.05. The van der Waals surface area contributed by atoms with Gasteiger partial charge in [-0.1, -0.05) is 0 Å². The van der Waals surface area contributed by atoms with Crippen LogP contribution in [0.4, 0.5) is 0 Å². The Morgan fingerprint density at radius 3 is 1.92 bits per heavy atom. The molecule has 0 bridgehead atoms. The molecule has 1 N–H and O–H groups in total. The summed E-state index contributed by atoms with van der Waals surface area (Å²) in [6.45, 7) is 3.21. The topological polar surface area (TPSA) is 51.5 Å². The van der Waals surface area contributed by atoms with Crippen LogP contribution in [0.15, 0.2) is 0 Å². The minimum Gasteiger partial charge on any atom is -0.676 e. The van der Waals surface area contributed by atoms with Crippen molar-refractivity contribution in [3.05, 3.63) is 5.73 Å². The molecule has 0 saturated heterocycles. The van der Waals surface area contributed by atoms with Gasteiger partial charge in [0.2, 0.25) is 0 Å². The van der Waals surface area contributed by atoms with Gasteiger partial charge < -0.3 is 19.9 Å². The largest absolute Gasteiger partial charge is 1.00 e. The first-order valence-corrected chi connectivity index (χ1v) is 3.71. The Kier molecular flexibility index (Phi) is 18.3. The molecule has 0 aromatic carbocycles. The van der Waals surface area contributed by atoms with E-state index in [1.54, 1.807) is 7.11 Å². The summed E-state index contributed by atoms with van der Waals surface area (Å²) in [6, 6.07) is 0. The average Bonchev–Trinajstić information content (AvgIpc) is 2.03. The van der Waals surface area contributed by atoms with Gasteiger partial charge in [0.05, 0.1) is 26.4 Å². The number of hydrogen-bond acceptors (Lipinski definition) is 3. The Morgan fingerprint density at radius 2 is 1.42 bits per heavy atom. The number of ether oxygens (including phenoxy) is 3. The van der Waals surface area contributed by atoms with E-state index >= 15 is 0 Å². The standard InChI is InChI=1S/C7H16NO3.Na/c1-9-4-5-11-7-6-10-3-2-8;/h8H,2-7H2,1H3;/q-1;+1. The van der Waals surface area contributed by atoms with E-state index in [2.05, 4.69) is 0 Å². The summed E-state index contributed by atoms with van der Waals surface area (Å²) in [6.07, 6.45) is 0. The van der Waals surface area contributed by atoms with E-state index in [0.717, 1.165) is 0 Å². The molecule has 0 aromatic rings. The summed E-state index contributed by atoms with van der Waals surface area (Å²) in [7, 11) is 1.64. The molecule has 12 heavy (non-hydrogen) atoms. The zero-order valence-electron chi connectivity index (χ0n) is 7.97. The van der Waals surface area contributed by atoms with Crippen LogP contribution >= 0.6 is 0 Å². The van der Waals surface area contributed by atoms with Gasteiger partial charge in [-0.2, -0.15) is 0 Å². The van der Waals surface area contributed by atoms with Crippen LogP contribution in [0.5, 0.6) is 0 Å². The van der Waals surface area contributed by atoms with E-state index in [1.165, 1.54) is 0 Å². The van der Waals surface area contributed by atoms with Crippen LogP contribution in [0.2, 0.25) is 0 Å². The quantitative estimate of drug-likeness (QED) is 0.316. The summed E-state index contributed by atoms with van der Waals surface area (Å²) >= 11 is 0. The normalized spacial score (nSPS) is 9.50. The Hall–Kier alpha value is 0.840. The molecule has 0 unspecified atom stereocenters. The molecule has 0 saturated carbocycles. The number of methoxy groups -OCH3 is 1. The molecule has 0 radical (unpaired) electrons. The average molecular weight is 185 g/mol. The monoisotopic (exact) mass is 185 g/mol. The van der Waals surface area contributed by atoms with Crippen molar-refractivity contribution in [1.82, 2.24) is 0 Å². The van der Waals surface area contributed by atoms with E-state index in [-0.39, 0.29) is 29.6 Å². The van der Waals surface area contributed by atoms with Crippen LogP contribution in [0.1, 0.15) is 0 Å². The fourth-order valence-electron chi connectivity index (χ4n) is 0.536. The molecule has 5 heteroatoms. The number of rotatable bonds is 8. The van der Waals surface area contributed by atoms with E-state index in [9.17, 15) is 0 Å². The van der Waals surface area contributed by atoms with Crippen molar-refractivity contribution in [3.63, 3.8) is 0 Å². The zero-order chi connectivity index (χ0) is 8.36. The molecular formula is C7H16NNaO3. The molecule has 0 aromatic heterocycles. The predicted octanol–water partition coefficient (Wildman–Crippen LogP) is -2.28. The molecule has 68 valence electrons. The maximum absolute atomic E-state index is 6.76. The molecule has 0 aliphatic carbocycles. The number of nitrogens with one attached hydrogen (secondary N) is 1. The van der Waals surface area contributed by atoms with Crippen molar-refractivity contribution >= 4 is 0 Å². The van der Waals surface area contributed by atoms with Crippen LogP contribution in [-0.2, 0) is 14.2 Å². The van der Waals surface area contributed by atoms with Gasteiger partial charge in [-0.25, -0.2) is 0 Å². The first-order valence-electron chi connectivity index (χ1n) is 3.71. The Morgan fingerprint density at radius 1 is 0.917 bits per heavy atom. The van der Waals surface area contributed by atoms with Gasteiger partial charge in [0.25, 0.3) is 0 Å². The van der Waals surface area contributed by atoms with Crippen LogP contribution in [0, 0.1) is 0 Å². The summed E-state index contributed by atoms with van der Waals surface area (Å²) in [5.74, 6) is 0. The second-order valence-electron chi connectivity index (χ2n) is 1.97. The molecule has 4 nitrogen and oxygen atoms in total. The maximum Gasteiger partial charge on any atom is 1.00 e. The van der Waals surface area contributed by atoms with Gasteiger partial charge in [0.1, 0.15) is 0 Å². The van der Waals surface area contributed by atoms with Crippen molar-refractivity contribution in [3.8, 4) is 0 Å². The second-order valence-corrected chi connectivity index (χ2v) is 1.97. The fourth-order valence-corrected chi connectivity index (χ4v) is 0.536. The first-order chi connectivity index (χ1) is 5.41. The third-order valence-electron chi connectivity index (χ3n) is 1.05. The Balaban J connectivity index is 0. The van der Waals surface area contributed by atoms with Crippen molar-refractivity contribution in [2.45, 2.75) is 0 Å². The van der Waals surface area contributed by atoms with Crippen LogP contribution < -0.4 is 29.6 Å². The molecular weight excluding hydrogens is 169 g/mol. The minimum atomic E-state index is 0. The van der Waals surface area contributed by atoms with Gasteiger partial charge in [0.15, 0.2) is 0 Å². The van der Waals surface area contributed by atoms with E-state index < -0.39 is 0 Å². The molecule has 0 atom stereocenters. The summed E-state index contributed by atoms with van der Waals surface area (Å²) < 4.78 is 14.9. The molecule has 0 spiro atoms. The molecule has 0 amide bonds. The first kappa shape index (κ1) is 15.3. The van der Waals surface area contributed by atoms with Gasteiger partial charge in [-0.3, -0.25) is 0 Å². The summed E-state index contributed by atoms with van der Waals surface area (Å²) in [5, 5.41) is 0. The van der Waals surface area contributed by atoms with E-state index in [4.69, 9.17) is 19.9 Å². The molecule has 0 fully saturated rings. The van der Waals surface area contributed by atoms with Crippen LogP contribution in [0.25, 0.3) is 5.73 Å². The van der Waals surface area contributed by atoms with E-state index in [1.807, 2.05) is 0 Å². The van der Waals surface area contributed by atoms with Crippen molar-refractivity contribution in [2.24, 2.45) is 0 Å². The maximum atomic E-state index is 6.76. The predicted molar refractivity (Wildman–Crippen MR) is 42.7 cm³/mol.